The van der Waals surface area contributed by atoms with E-state index in [2.05, 4.69) is 83.8 Å². The first-order chi connectivity index (χ1) is 41.0. The van der Waals surface area contributed by atoms with Gasteiger partial charge in [-0.1, -0.05) is 18.2 Å². The van der Waals surface area contributed by atoms with E-state index in [1.165, 1.54) is 17.7 Å². The van der Waals surface area contributed by atoms with Crippen LogP contribution in [0.3, 0.4) is 0 Å². The van der Waals surface area contributed by atoms with Crippen molar-refractivity contribution < 1.29 is 46.9 Å². The fourth-order valence-electron chi connectivity index (χ4n) is 14.6. The third kappa shape index (κ3) is 11.2. The number of piperidine rings is 1. The van der Waals surface area contributed by atoms with E-state index in [1.807, 2.05) is 43.6 Å². The van der Waals surface area contributed by atoms with Gasteiger partial charge in [-0.15, -0.1) is 0 Å². The van der Waals surface area contributed by atoms with Crippen LogP contribution in [0.2, 0.25) is 0 Å². The molecule has 4 N–H and O–H groups in total. The number of sulfonamides is 1. The second-order valence-corrected chi connectivity index (χ2v) is 26.7. The molecule has 21 nitrogen and oxygen atoms in total. The summed E-state index contributed by atoms with van der Waals surface area (Å²) in [7, 11) is -3.02. The summed E-state index contributed by atoms with van der Waals surface area (Å²) in [6.07, 6.45) is 11.5. The lowest BCUT2D eigenvalue weighted by atomic mass is 9.59. The number of pyridine rings is 2. The molecule has 7 aliphatic rings. The number of hydrogen-bond acceptors (Lipinski definition) is 18. The molecule has 13 rings (SSSR count). The number of carbonyl (C=O) groups is 1. The summed E-state index contributed by atoms with van der Waals surface area (Å²) in [4.78, 5) is 48.6. The van der Waals surface area contributed by atoms with Gasteiger partial charge in [0.1, 0.15) is 28.9 Å². The maximum Gasteiger partial charge on any atom is 0.293 e. The molecule has 3 aromatic carbocycles. The number of piperazine rings is 1. The number of carbonyl (C=O) groups excluding carboxylic acids is 1. The van der Waals surface area contributed by atoms with Gasteiger partial charge in [-0.25, -0.2) is 18.1 Å². The molecule has 8 heterocycles. The Bertz CT molecular complexity index is 3590. The molecular weight excluding hydrogens is 1100 g/mol. The Morgan fingerprint density at radius 1 is 0.929 bits per heavy atom. The molecule has 3 saturated heterocycles. The Morgan fingerprint density at radius 3 is 2.53 bits per heavy atom. The van der Waals surface area contributed by atoms with Gasteiger partial charge >= 0.3 is 0 Å². The SMILES string of the molecule is COc1nccc2c1OCC[C@H]2N1CCN(C2CC3(CCN(c4ccc(C(=O)NS(=O)(=O)c5ccc(NC[C@H]6CC[C@](C)(O)CC6)c([N+](=O)[O-])c5)c(N5c6cc7cc[nH]c7nc6O[C@H]6COCC[C@@H]65)c4)CC3)C2)[C@@H](c2ccccc2OC(C)C)C1. The van der Waals surface area contributed by atoms with Crippen LogP contribution in [0.5, 0.6) is 23.3 Å². The lowest BCUT2D eigenvalue weighted by Gasteiger charge is -2.58. The average molecular weight is 1180 g/mol. The van der Waals surface area contributed by atoms with Crippen molar-refractivity contribution in [1.29, 1.82) is 0 Å². The summed E-state index contributed by atoms with van der Waals surface area (Å²) >= 11 is 0. The van der Waals surface area contributed by atoms with Crippen molar-refractivity contribution in [2.45, 2.75) is 132 Å². The van der Waals surface area contributed by atoms with Gasteiger partial charge in [-0.05, 0) is 144 Å². The molecule has 0 unspecified atom stereocenters. The first kappa shape index (κ1) is 56.9. The van der Waals surface area contributed by atoms with E-state index < -0.39 is 43.1 Å². The van der Waals surface area contributed by atoms with Crippen molar-refractivity contribution in [3.63, 3.8) is 0 Å². The van der Waals surface area contributed by atoms with Crippen LogP contribution >= 0.6 is 0 Å². The average Bonchev–Trinajstić information content (AvgIpc) is 2.10. The van der Waals surface area contributed by atoms with Crippen molar-refractivity contribution in [3.05, 3.63) is 118 Å². The summed E-state index contributed by atoms with van der Waals surface area (Å²) in [6, 6.07) is 24.1. The van der Waals surface area contributed by atoms with Crippen molar-refractivity contribution >= 4 is 55.4 Å². The third-order valence-electron chi connectivity index (χ3n) is 19.2. The monoisotopic (exact) mass is 1180 g/mol. The van der Waals surface area contributed by atoms with Crippen LogP contribution < -0.4 is 38.8 Å². The number of aromatic nitrogens is 3. The number of benzene rings is 3. The second kappa shape index (κ2) is 22.9. The molecule has 1 spiro atoms. The molecule has 5 fully saturated rings. The number of nitro groups is 1. The lowest BCUT2D eigenvalue weighted by Crippen LogP contribution is -2.60. The topological polar surface area (TPSA) is 239 Å². The number of rotatable bonds is 15. The maximum atomic E-state index is 14.9. The van der Waals surface area contributed by atoms with Crippen molar-refractivity contribution in [2.24, 2.45) is 11.3 Å². The number of aliphatic hydroxyl groups is 1. The number of nitro benzene ring substituents is 1. The molecule has 2 saturated carbocycles. The van der Waals surface area contributed by atoms with Crippen LogP contribution in [0.25, 0.3) is 11.0 Å². The molecule has 450 valence electrons. The first-order valence-electron chi connectivity index (χ1n) is 30.2. The van der Waals surface area contributed by atoms with Crippen molar-refractivity contribution in [3.8, 4) is 23.3 Å². The highest BCUT2D eigenvalue weighted by molar-refractivity contribution is 7.90. The number of nitrogens with zero attached hydrogens (tertiary/aromatic N) is 7. The molecule has 0 bridgehead atoms. The molecule has 3 aromatic heterocycles. The molecule has 22 heteroatoms. The van der Waals surface area contributed by atoms with Crippen LogP contribution in [0, 0.1) is 21.4 Å². The number of ether oxygens (including phenoxy) is 5. The highest BCUT2D eigenvalue weighted by Crippen LogP contribution is 2.55. The number of amides is 1. The Kier molecular flexibility index (Phi) is 15.3. The number of anilines is 4. The Hall–Kier alpha value is -7.24. The van der Waals surface area contributed by atoms with Crippen LogP contribution in [-0.4, -0.2) is 145 Å². The van der Waals surface area contributed by atoms with Gasteiger partial charge in [0, 0.05) is 105 Å². The van der Waals surface area contributed by atoms with E-state index in [4.69, 9.17) is 28.7 Å². The molecule has 4 atom stereocenters. The largest absolute Gasteiger partial charge is 0.491 e. The predicted octanol–water partition coefficient (Wildman–Crippen LogP) is 9.45. The van der Waals surface area contributed by atoms with Gasteiger partial charge in [0.15, 0.2) is 5.75 Å². The van der Waals surface area contributed by atoms with E-state index in [0.29, 0.717) is 73.8 Å². The summed E-state index contributed by atoms with van der Waals surface area (Å²) in [6.45, 7) is 12.0. The van der Waals surface area contributed by atoms with Crippen LogP contribution in [0.1, 0.15) is 119 Å². The number of aromatic amines is 1. The summed E-state index contributed by atoms with van der Waals surface area (Å²) < 4.78 is 61.8. The second-order valence-electron chi connectivity index (χ2n) is 25.0. The van der Waals surface area contributed by atoms with E-state index in [0.717, 1.165) is 112 Å². The minimum absolute atomic E-state index is 0.0224. The highest BCUT2D eigenvalue weighted by atomic mass is 32.2. The van der Waals surface area contributed by atoms with Crippen molar-refractivity contribution in [2.75, 3.05) is 81.3 Å². The van der Waals surface area contributed by atoms with Gasteiger partial charge in [-0.3, -0.25) is 24.7 Å². The molecule has 85 heavy (non-hydrogen) atoms. The fraction of sp³-hybridized carbons (Fsp3) is 0.508. The van der Waals surface area contributed by atoms with E-state index >= 15 is 0 Å². The summed E-state index contributed by atoms with van der Waals surface area (Å²) in [5, 5.41) is 26.9. The zero-order chi connectivity index (χ0) is 58.8. The summed E-state index contributed by atoms with van der Waals surface area (Å²) in [5.41, 5.74) is 4.23. The number of fused-ring (bicyclic) bond motifs is 4. The van der Waals surface area contributed by atoms with Gasteiger partial charge < -0.3 is 48.9 Å². The van der Waals surface area contributed by atoms with E-state index in [-0.39, 0.29) is 53.4 Å². The third-order valence-corrected chi connectivity index (χ3v) is 20.5. The first-order valence-corrected chi connectivity index (χ1v) is 31.6. The van der Waals surface area contributed by atoms with Crippen LogP contribution in [0.15, 0.2) is 96.2 Å². The number of nitrogens with one attached hydrogen (secondary N) is 3. The minimum Gasteiger partial charge on any atom is -0.491 e. The predicted molar refractivity (Wildman–Crippen MR) is 321 cm³/mol. The zero-order valence-electron chi connectivity index (χ0n) is 48.7. The number of H-pyrrole nitrogens is 1. The van der Waals surface area contributed by atoms with E-state index in [1.54, 1.807) is 13.2 Å². The quantitative estimate of drug-likeness (QED) is 0.0553. The fourth-order valence-corrected chi connectivity index (χ4v) is 15.6. The number of para-hydroxylation sites is 1. The smallest absolute Gasteiger partial charge is 0.293 e. The Morgan fingerprint density at radius 2 is 1.74 bits per heavy atom. The Balaban J connectivity index is 0.762. The standard InChI is InChI=1S/C63H76N10O11S/c1-39(2)83-55-8-6-5-7-45(55)54-37-70(49-18-30-82-57-46(49)16-24-65-61(57)80-4)27-28-71(54)43-34-63(35-43)21-25-69(26-22-63)42-9-11-47(51(32-42)72-50-17-29-81-38-56(50)84-60-53(72)31-41-15-23-64-58(41)67-60)59(74)68-85(78,79)44-10-12-48(52(33-44)73(76)77)66-36-40-13-19-62(3,75)20-14-40/h5-12,15-16,23-24,31-33,39-40,43,49-50,54,56,66,75H,13-14,17-22,25-30,34-38H2,1-4H3,(H,64,67)(H,68,74)/t40-,49-,50+,54-,56+,62-/m1/s1. The van der Waals surface area contributed by atoms with Gasteiger partial charge in [0.2, 0.25) is 5.88 Å². The maximum absolute atomic E-state index is 14.9. The molecule has 6 aromatic rings. The van der Waals surface area contributed by atoms with Gasteiger partial charge in [0.25, 0.3) is 27.5 Å². The molecule has 1 amide bonds. The number of methoxy groups -OCH3 is 1. The van der Waals surface area contributed by atoms with Gasteiger partial charge in [0.05, 0.1) is 65.2 Å². The summed E-state index contributed by atoms with van der Waals surface area (Å²) in [5.74, 6) is 1.83. The lowest BCUT2D eigenvalue weighted by molar-refractivity contribution is -0.384. The normalized spacial score (nSPS) is 25.2. The van der Waals surface area contributed by atoms with Gasteiger partial charge in [-0.2, -0.15) is 4.98 Å². The minimum atomic E-state index is -4.65. The van der Waals surface area contributed by atoms with E-state index in [9.17, 15) is 28.4 Å². The van der Waals surface area contributed by atoms with Crippen LogP contribution in [-0.2, 0) is 14.8 Å². The van der Waals surface area contributed by atoms with Crippen molar-refractivity contribution in [1.82, 2.24) is 29.5 Å². The number of hydrogen-bond donors (Lipinski definition) is 4. The Labute approximate surface area is 495 Å². The zero-order valence-corrected chi connectivity index (χ0v) is 49.5. The van der Waals surface area contributed by atoms with Crippen LogP contribution in [0.4, 0.5) is 28.4 Å². The molecule has 0 radical (unpaired) electrons. The molecule has 5 aliphatic heterocycles. The molecular formula is C63H76N10O11S. The highest BCUT2D eigenvalue weighted by Gasteiger charge is 2.51. The molecule has 2 aliphatic carbocycles.